The summed E-state index contributed by atoms with van der Waals surface area (Å²) in [6, 6.07) is 7.97. The highest BCUT2D eigenvalue weighted by Gasteiger charge is 2.13. The van der Waals surface area contributed by atoms with Crippen molar-refractivity contribution in [1.29, 1.82) is 0 Å². The maximum atomic E-state index is 5.69. The van der Waals surface area contributed by atoms with Gasteiger partial charge in [0.25, 0.3) is 0 Å². The minimum Gasteiger partial charge on any atom is -0.481 e. The SMILES string of the molecule is C#CCOc1ccccc1CNCC1CCCCO1. The van der Waals surface area contributed by atoms with Crippen molar-refractivity contribution in [3.8, 4) is 18.1 Å². The van der Waals surface area contributed by atoms with E-state index in [2.05, 4.69) is 17.3 Å². The van der Waals surface area contributed by atoms with E-state index >= 15 is 0 Å². The highest BCUT2D eigenvalue weighted by molar-refractivity contribution is 5.33. The van der Waals surface area contributed by atoms with Crippen molar-refractivity contribution in [2.45, 2.75) is 31.9 Å². The lowest BCUT2D eigenvalue weighted by Crippen LogP contribution is -2.31. The van der Waals surface area contributed by atoms with Gasteiger partial charge in [-0.25, -0.2) is 0 Å². The molecule has 19 heavy (non-hydrogen) atoms. The van der Waals surface area contributed by atoms with Crippen LogP contribution in [0.4, 0.5) is 0 Å². The number of rotatable bonds is 6. The smallest absolute Gasteiger partial charge is 0.148 e. The van der Waals surface area contributed by atoms with E-state index in [1.54, 1.807) is 0 Å². The Labute approximate surface area is 115 Å². The van der Waals surface area contributed by atoms with Crippen LogP contribution in [0.15, 0.2) is 24.3 Å². The maximum Gasteiger partial charge on any atom is 0.148 e. The van der Waals surface area contributed by atoms with Gasteiger partial charge in [-0.3, -0.25) is 0 Å². The lowest BCUT2D eigenvalue weighted by Gasteiger charge is -2.23. The first-order chi connectivity index (χ1) is 9.40. The van der Waals surface area contributed by atoms with E-state index in [1.165, 1.54) is 12.8 Å². The Morgan fingerprint density at radius 1 is 1.37 bits per heavy atom. The summed E-state index contributed by atoms with van der Waals surface area (Å²) in [6.45, 7) is 2.88. The molecule has 1 aromatic carbocycles. The third kappa shape index (κ3) is 4.59. The van der Waals surface area contributed by atoms with Gasteiger partial charge in [0.2, 0.25) is 0 Å². The summed E-state index contributed by atoms with van der Waals surface area (Å²) in [5.41, 5.74) is 1.13. The first-order valence-electron chi connectivity index (χ1n) is 6.86. The molecular formula is C16H21NO2. The lowest BCUT2D eigenvalue weighted by atomic mass is 10.1. The van der Waals surface area contributed by atoms with Crippen molar-refractivity contribution < 1.29 is 9.47 Å². The Hall–Kier alpha value is -1.50. The van der Waals surface area contributed by atoms with Crippen LogP contribution in [0.1, 0.15) is 24.8 Å². The molecule has 0 radical (unpaired) electrons. The monoisotopic (exact) mass is 259 g/mol. The fourth-order valence-corrected chi connectivity index (χ4v) is 2.25. The molecule has 0 saturated carbocycles. The Kier molecular flexibility index (Phi) is 5.74. The van der Waals surface area contributed by atoms with Gasteiger partial charge < -0.3 is 14.8 Å². The second-order valence-electron chi connectivity index (χ2n) is 4.72. The number of nitrogens with one attached hydrogen (secondary N) is 1. The minimum absolute atomic E-state index is 0.308. The van der Waals surface area contributed by atoms with Gasteiger partial charge in [0.15, 0.2) is 0 Å². The van der Waals surface area contributed by atoms with Gasteiger partial charge in [-0.2, -0.15) is 0 Å². The molecule has 1 fully saturated rings. The van der Waals surface area contributed by atoms with E-state index in [0.717, 1.165) is 37.4 Å². The third-order valence-corrected chi connectivity index (χ3v) is 3.25. The van der Waals surface area contributed by atoms with Crippen molar-refractivity contribution in [1.82, 2.24) is 5.32 Å². The van der Waals surface area contributed by atoms with E-state index in [4.69, 9.17) is 15.9 Å². The number of hydrogen-bond acceptors (Lipinski definition) is 3. The molecule has 1 atom stereocenters. The summed E-state index contributed by atoms with van der Waals surface area (Å²) in [7, 11) is 0. The van der Waals surface area contributed by atoms with E-state index in [9.17, 15) is 0 Å². The fraction of sp³-hybridized carbons (Fsp3) is 0.500. The number of benzene rings is 1. The molecule has 1 aliphatic heterocycles. The van der Waals surface area contributed by atoms with Crippen LogP contribution in [0.25, 0.3) is 0 Å². The van der Waals surface area contributed by atoms with Crippen LogP contribution in [0, 0.1) is 12.3 Å². The topological polar surface area (TPSA) is 30.5 Å². The molecule has 102 valence electrons. The van der Waals surface area contributed by atoms with E-state index in [0.29, 0.717) is 12.7 Å². The molecule has 3 heteroatoms. The molecule has 0 spiro atoms. The normalized spacial score (nSPS) is 18.8. The molecule has 1 unspecified atom stereocenters. The molecule has 3 nitrogen and oxygen atoms in total. The number of ether oxygens (including phenoxy) is 2. The Balaban J connectivity index is 1.79. The molecule has 1 aromatic rings. The number of hydrogen-bond donors (Lipinski definition) is 1. The zero-order valence-electron chi connectivity index (χ0n) is 11.2. The molecule has 0 aliphatic carbocycles. The van der Waals surface area contributed by atoms with Crippen LogP contribution in [0.5, 0.6) is 5.75 Å². The highest BCUT2D eigenvalue weighted by Crippen LogP contribution is 2.18. The largest absolute Gasteiger partial charge is 0.481 e. The molecule has 2 rings (SSSR count). The number of para-hydroxylation sites is 1. The zero-order valence-corrected chi connectivity index (χ0v) is 11.2. The van der Waals surface area contributed by atoms with Crippen molar-refractivity contribution >= 4 is 0 Å². The molecule has 1 heterocycles. The van der Waals surface area contributed by atoms with Gasteiger partial charge in [0, 0.05) is 25.3 Å². The highest BCUT2D eigenvalue weighted by atomic mass is 16.5. The van der Waals surface area contributed by atoms with Crippen molar-refractivity contribution in [2.24, 2.45) is 0 Å². The summed E-state index contributed by atoms with van der Waals surface area (Å²) in [4.78, 5) is 0. The van der Waals surface area contributed by atoms with Crippen molar-refractivity contribution in [3.05, 3.63) is 29.8 Å². The summed E-state index contributed by atoms with van der Waals surface area (Å²) in [6.07, 6.45) is 9.19. The van der Waals surface area contributed by atoms with Gasteiger partial charge in [-0.1, -0.05) is 24.1 Å². The molecule has 0 amide bonds. The predicted octanol–water partition coefficient (Wildman–Crippen LogP) is 2.36. The molecule has 1 N–H and O–H groups in total. The van der Waals surface area contributed by atoms with Crippen LogP contribution in [-0.2, 0) is 11.3 Å². The van der Waals surface area contributed by atoms with Crippen LogP contribution in [-0.4, -0.2) is 25.9 Å². The summed E-state index contributed by atoms with van der Waals surface area (Å²) < 4.78 is 11.2. The summed E-state index contributed by atoms with van der Waals surface area (Å²) in [5, 5.41) is 3.43. The van der Waals surface area contributed by atoms with E-state index in [1.807, 2.05) is 18.2 Å². The Bertz CT molecular complexity index is 419. The predicted molar refractivity (Wildman–Crippen MR) is 76.1 cm³/mol. The molecule has 0 aromatic heterocycles. The average Bonchev–Trinajstić information content (AvgIpc) is 2.47. The van der Waals surface area contributed by atoms with Crippen molar-refractivity contribution in [3.63, 3.8) is 0 Å². The van der Waals surface area contributed by atoms with Gasteiger partial charge >= 0.3 is 0 Å². The molecule has 1 aliphatic rings. The van der Waals surface area contributed by atoms with Gasteiger partial charge in [-0.05, 0) is 25.3 Å². The second kappa shape index (κ2) is 7.83. The standard InChI is InChI=1S/C16H21NO2/c1-2-10-19-16-9-4-3-7-14(16)12-17-13-15-8-5-6-11-18-15/h1,3-4,7,9,15,17H,5-6,8,10-13H2. The quantitative estimate of drug-likeness (QED) is 0.796. The first-order valence-corrected chi connectivity index (χ1v) is 6.86. The summed E-state index contributed by atoms with van der Waals surface area (Å²) >= 11 is 0. The molecular weight excluding hydrogens is 238 g/mol. The van der Waals surface area contributed by atoms with Gasteiger partial charge in [-0.15, -0.1) is 6.42 Å². The first kappa shape index (κ1) is 13.9. The summed E-state index contributed by atoms with van der Waals surface area (Å²) in [5.74, 6) is 3.35. The van der Waals surface area contributed by atoms with Crippen molar-refractivity contribution in [2.75, 3.05) is 19.8 Å². The van der Waals surface area contributed by atoms with Crippen LogP contribution < -0.4 is 10.1 Å². The van der Waals surface area contributed by atoms with E-state index in [-0.39, 0.29) is 0 Å². The second-order valence-corrected chi connectivity index (χ2v) is 4.72. The van der Waals surface area contributed by atoms with Crippen LogP contribution in [0.2, 0.25) is 0 Å². The third-order valence-electron chi connectivity index (χ3n) is 3.25. The zero-order chi connectivity index (χ0) is 13.3. The molecule has 1 saturated heterocycles. The Morgan fingerprint density at radius 2 is 2.26 bits per heavy atom. The van der Waals surface area contributed by atoms with E-state index < -0.39 is 0 Å². The maximum absolute atomic E-state index is 5.69. The number of terminal acetylenes is 1. The van der Waals surface area contributed by atoms with Gasteiger partial charge in [0.1, 0.15) is 12.4 Å². The van der Waals surface area contributed by atoms with Crippen LogP contribution >= 0.6 is 0 Å². The lowest BCUT2D eigenvalue weighted by molar-refractivity contribution is 0.0167. The Morgan fingerprint density at radius 3 is 3.05 bits per heavy atom. The average molecular weight is 259 g/mol. The minimum atomic E-state index is 0.308. The fourth-order valence-electron chi connectivity index (χ4n) is 2.25. The molecule has 0 bridgehead atoms. The van der Waals surface area contributed by atoms with Gasteiger partial charge in [0.05, 0.1) is 6.10 Å². The van der Waals surface area contributed by atoms with Crippen LogP contribution in [0.3, 0.4) is 0 Å².